The highest BCUT2D eigenvalue weighted by Crippen LogP contribution is 2.42. The number of esters is 1. The second-order valence-electron chi connectivity index (χ2n) is 5.36. The number of aromatic nitrogens is 1. The van der Waals surface area contributed by atoms with E-state index in [4.69, 9.17) is 4.74 Å². The van der Waals surface area contributed by atoms with Gasteiger partial charge in [-0.25, -0.2) is 0 Å². The highest BCUT2D eigenvalue weighted by atomic mass is 16.5. The Bertz CT molecular complexity index is 396. The summed E-state index contributed by atoms with van der Waals surface area (Å²) in [5.74, 6) is -0.0802. The highest BCUT2D eigenvalue weighted by molar-refractivity contribution is 5.69. The number of carbonyl (C=O) groups is 1. The molecule has 1 aliphatic rings. The second kappa shape index (κ2) is 6.69. The smallest absolute Gasteiger partial charge is 0.305 e. The van der Waals surface area contributed by atoms with Gasteiger partial charge in [-0.05, 0) is 38.3 Å². The molecule has 3 nitrogen and oxygen atoms in total. The van der Waals surface area contributed by atoms with E-state index in [1.54, 1.807) is 0 Å². The van der Waals surface area contributed by atoms with Gasteiger partial charge < -0.3 is 4.74 Å². The van der Waals surface area contributed by atoms with Crippen LogP contribution >= 0.6 is 0 Å². The Balaban J connectivity index is 2.09. The van der Waals surface area contributed by atoms with Crippen molar-refractivity contribution in [1.29, 1.82) is 0 Å². The summed E-state index contributed by atoms with van der Waals surface area (Å²) in [6, 6.07) is 6.10. The summed E-state index contributed by atoms with van der Waals surface area (Å²) >= 11 is 0. The fraction of sp³-hybridized carbons (Fsp3) is 0.625. The Morgan fingerprint density at radius 1 is 1.32 bits per heavy atom. The minimum absolute atomic E-state index is 0.0802. The number of hydrogen-bond donors (Lipinski definition) is 0. The minimum atomic E-state index is -0.0802. The molecule has 1 saturated carbocycles. The van der Waals surface area contributed by atoms with E-state index in [9.17, 15) is 4.79 Å². The number of pyridine rings is 1. The van der Waals surface area contributed by atoms with Crippen molar-refractivity contribution < 1.29 is 9.53 Å². The van der Waals surface area contributed by atoms with Crippen LogP contribution < -0.4 is 0 Å². The van der Waals surface area contributed by atoms with Crippen molar-refractivity contribution in [3.63, 3.8) is 0 Å². The molecular formula is C16H23NO2. The summed E-state index contributed by atoms with van der Waals surface area (Å²) < 4.78 is 5.05. The van der Waals surface area contributed by atoms with Gasteiger partial charge in [0.15, 0.2) is 0 Å². The average molecular weight is 261 g/mol. The zero-order valence-electron chi connectivity index (χ0n) is 11.7. The first-order valence-corrected chi connectivity index (χ1v) is 7.34. The maximum atomic E-state index is 11.6. The Kier molecular flexibility index (Phi) is 4.94. The first-order chi connectivity index (χ1) is 9.27. The van der Waals surface area contributed by atoms with Gasteiger partial charge in [0.2, 0.25) is 0 Å². The van der Waals surface area contributed by atoms with Crippen molar-refractivity contribution in [3.8, 4) is 0 Å². The molecule has 1 heterocycles. The standard InChI is InChI=1S/C16H23NO2/c1-2-19-15(18)9-12-16(10-5-3-6-11-16)14-8-4-7-13-17-14/h4,7-8,13H,2-3,5-6,9-12H2,1H3. The molecule has 1 aromatic rings. The Labute approximate surface area is 115 Å². The first-order valence-electron chi connectivity index (χ1n) is 7.34. The van der Waals surface area contributed by atoms with Crippen molar-refractivity contribution >= 4 is 5.97 Å². The molecule has 19 heavy (non-hydrogen) atoms. The molecule has 0 saturated heterocycles. The van der Waals surface area contributed by atoms with Crippen LogP contribution in [0, 0.1) is 0 Å². The molecule has 3 heteroatoms. The molecule has 0 radical (unpaired) electrons. The van der Waals surface area contributed by atoms with E-state index >= 15 is 0 Å². The van der Waals surface area contributed by atoms with E-state index < -0.39 is 0 Å². The average Bonchev–Trinajstić information content (AvgIpc) is 2.47. The molecule has 0 bridgehead atoms. The van der Waals surface area contributed by atoms with Gasteiger partial charge in [-0.3, -0.25) is 9.78 Å². The molecule has 0 atom stereocenters. The topological polar surface area (TPSA) is 39.2 Å². The van der Waals surface area contributed by atoms with Gasteiger partial charge in [-0.15, -0.1) is 0 Å². The van der Waals surface area contributed by atoms with Crippen LogP contribution in [0.2, 0.25) is 0 Å². The van der Waals surface area contributed by atoms with Crippen LogP contribution in [0.5, 0.6) is 0 Å². The monoisotopic (exact) mass is 261 g/mol. The Hall–Kier alpha value is -1.38. The number of carbonyl (C=O) groups excluding carboxylic acids is 1. The Morgan fingerprint density at radius 2 is 2.11 bits per heavy atom. The summed E-state index contributed by atoms with van der Waals surface area (Å²) in [4.78, 5) is 16.2. The van der Waals surface area contributed by atoms with Crippen molar-refractivity contribution in [2.24, 2.45) is 0 Å². The second-order valence-corrected chi connectivity index (χ2v) is 5.36. The lowest BCUT2D eigenvalue weighted by molar-refractivity contribution is -0.143. The molecule has 0 amide bonds. The Morgan fingerprint density at radius 3 is 2.74 bits per heavy atom. The molecule has 0 aromatic carbocycles. The third-order valence-corrected chi connectivity index (χ3v) is 4.13. The molecule has 0 aliphatic heterocycles. The number of ether oxygens (including phenoxy) is 1. The van der Waals surface area contributed by atoms with E-state index in [1.807, 2.05) is 25.3 Å². The predicted octanol–water partition coefficient (Wildman–Crippen LogP) is 3.63. The van der Waals surface area contributed by atoms with Gasteiger partial charge >= 0.3 is 5.97 Å². The molecule has 0 N–H and O–H groups in total. The number of hydrogen-bond acceptors (Lipinski definition) is 3. The van der Waals surface area contributed by atoms with Gasteiger partial charge in [0, 0.05) is 23.7 Å². The lowest BCUT2D eigenvalue weighted by Gasteiger charge is -2.36. The lowest BCUT2D eigenvalue weighted by atomic mass is 9.69. The van der Waals surface area contributed by atoms with Crippen LogP contribution in [-0.2, 0) is 14.9 Å². The minimum Gasteiger partial charge on any atom is -0.466 e. The predicted molar refractivity (Wildman–Crippen MR) is 74.9 cm³/mol. The van der Waals surface area contributed by atoms with E-state index in [0.717, 1.165) is 25.0 Å². The molecular weight excluding hydrogens is 238 g/mol. The zero-order chi connectivity index (χ0) is 13.6. The molecule has 1 fully saturated rings. The molecule has 1 aromatic heterocycles. The largest absolute Gasteiger partial charge is 0.466 e. The van der Waals surface area contributed by atoms with Gasteiger partial charge in [0.25, 0.3) is 0 Å². The normalized spacial score (nSPS) is 17.9. The third kappa shape index (κ3) is 3.55. The third-order valence-electron chi connectivity index (χ3n) is 4.13. The van der Waals surface area contributed by atoms with Crippen molar-refractivity contribution in [2.45, 2.75) is 57.3 Å². The highest BCUT2D eigenvalue weighted by Gasteiger charge is 2.35. The van der Waals surface area contributed by atoms with Gasteiger partial charge in [0.05, 0.1) is 6.61 Å². The molecule has 0 unspecified atom stereocenters. The van der Waals surface area contributed by atoms with E-state index in [0.29, 0.717) is 13.0 Å². The summed E-state index contributed by atoms with van der Waals surface area (Å²) in [5, 5.41) is 0. The molecule has 104 valence electrons. The summed E-state index contributed by atoms with van der Waals surface area (Å²) in [6.07, 6.45) is 9.28. The van der Waals surface area contributed by atoms with Gasteiger partial charge in [0.1, 0.15) is 0 Å². The zero-order valence-corrected chi connectivity index (χ0v) is 11.7. The van der Waals surface area contributed by atoms with Crippen molar-refractivity contribution in [3.05, 3.63) is 30.1 Å². The number of nitrogens with zero attached hydrogens (tertiary/aromatic N) is 1. The maximum Gasteiger partial charge on any atom is 0.305 e. The molecule has 2 rings (SSSR count). The lowest BCUT2D eigenvalue weighted by Crippen LogP contribution is -2.31. The number of rotatable bonds is 5. The van der Waals surface area contributed by atoms with Crippen molar-refractivity contribution in [2.75, 3.05) is 6.61 Å². The summed E-state index contributed by atoms with van der Waals surface area (Å²) in [5.41, 5.74) is 1.24. The van der Waals surface area contributed by atoms with Gasteiger partial charge in [-0.2, -0.15) is 0 Å². The quantitative estimate of drug-likeness (QED) is 0.760. The van der Waals surface area contributed by atoms with Gasteiger partial charge in [-0.1, -0.05) is 25.3 Å². The van der Waals surface area contributed by atoms with Crippen LogP contribution in [0.25, 0.3) is 0 Å². The SMILES string of the molecule is CCOC(=O)CCC1(c2ccccn2)CCCCC1. The molecule has 1 aliphatic carbocycles. The van der Waals surface area contributed by atoms with E-state index in [1.165, 1.54) is 19.3 Å². The fourth-order valence-corrected chi connectivity index (χ4v) is 3.11. The maximum absolute atomic E-state index is 11.6. The van der Waals surface area contributed by atoms with Crippen LogP contribution in [0.3, 0.4) is 0 Å². The van der Waals surface area contributed by atoms with Crippen LogP contribution in [0.1, 0.15) is 57.6 Å². The van der Waals surface area contributed by atoms with Crippen LogP contribution in [0.4, 0.5) is 0 Å². The van der Waals surface area contributed by atoms with Crippen LogP contribution in [0.15, 0.2) is 24.4 Å². The fourth-order valence-electron chi connectivity index (χ4n) is 3.11. The van der Waals surface area contributed by atoms with E-state index in [-0.39, 0.29) is 11.4 Å². The molecule has 0 spiro atoms. The first kappa shape index (κ1) is 14.0. The van der Waals surface area contributed by atoms with Crippen molar-refractivity contribution in [1.82, 2.24) is 4.98 Å². The summed E-state index contributed by atoms with van der Waals surface area (Å²) in [6.45, 7) is 2.32. The summed E-state index contributed by atoms with van der Waals surface area (Å²) in [7, 11) is 0. The van der Waals surface area contributed by atoms with E-state index in [2.05, 4.69) is 11.1 Å². The van der Waals surface area contributed by atoms with Crippen LogP contribution in [-0.4, -0.2) is 17.6 Å².